The number of benzene rings is 1. The molecule has 4 heteroatoms. The van der Waals surface area contributed by atoms with E-state index in [-0.39, 0.29) is 11.4 Å². The van der Waals surface area contributed by atoms with Gasteiger partial charge in [0.2, 0.25) is 0 Å². The Morgan fingerprint density at radius 1 is 1.24 bits per heavy atom. The summed E-state index contributed by atoms with van der Waals surface area (Å²) in [5, 5.41) is 0. The molecule has 5 rings (SSSR count). The van der Waals surface area contributed by atoms with Crippen LogP contribution in [0.1, 0.15) is 56.1 Å². The molecule has 2 saturated carbocycles. The Kier molecular flexibility index (Phi) is 4.58. The average molecular weight is 393 g/mol. The number of ether oxygens (including phenoxy) is 1. The summed E-state index contributed by atoms with van der Waals surface area (Å²) >= 11 is 0. The number of nitrogens with zero attached hydrogens (tertiary/aromatic N) is 1. The predicted molar refractivity (Wildman–Crippen MR) is 112 cm³/mol. The zero-order chi connectivity index (χ0) is 20.2. The minimum atomic E-state index is -0.251. The van der Waals surface area contributed by atoms with E-state index in [0.29, 0.717) is 41.4 Å². The minimum absolute atomic E-state index is 0.0773. The molecule has 29 heavy (non-hydrogen) atoms. The number of rotatable bonds is 2. The number of carbonyl (C=O) groups is 2. The molecular weight excluding hydrogens is 362 g/mol. The first kappa shape index (κ1) is 18.9. The first-order chi connectivity index (χ1) is 14.0. The van der Waals surface area contributed by atoms with Gasteiger partial charge in [-0.2, -0.15) is 0 Å². The van der Waals surface area contributed by atoms with Crippen LogP contribution in [0.2, 0.25) is 0 Å². The number of fused-ring (bicyclic) bond motifs is 5. The molecule has 0 saturated heterocycles. The second-order valence-corrected chi connectivity index (χ2v) is 9.71. The lowest BCUT2D eigenvalue weighted by Gasteiger charge is -2.48. The average Bonchev–Trinajstić information content (AvgIpc) is 3.02. The number of hydrogen-bond donors (Lipinski definition) is 0. The van der Waals surface area contributed by atoms with Crippen LogP contribution in [-0.4, -0.2) is 36.8 Å². The molecule has 0 bridgehead atoms. The molecule has 1 aromatic rings. The third kappa shape index (κ3) is 3.13. The molecule has 1 aromatic carbocycles. The number of likely N-dealkylation sites (N-methyl/N-ethyl adjacent to an activating group) is 1. The van der Waals surface area contributed by atoms with Crippen molar-refractivity contribution in [2.75, 3.05) is 20.1 Å². The standard InChI is InChI=1S/C25H30NO3/c1-25-12-11-20-19-8-6-18(29-24(28)17-4-3-13-26(2)15-17)14-16(19)5-7-21(20)22(25)9-10-23(25)27/h3-4,6,8,14,20-22H,5,7,9-13,15H2,1-2H3/q+1/t20-,21-,22+,25+/m1/s1. The van der Waals surface area contributed by atoms with Crippen LogP contribution in [0, 0.1) is 23.7 Å². The Bertz CT molecular complexity index is 888. The highest BCUT2D eigenvalue weighted by Crippen LogP contribution is 2.59. The van der Waals surface area contributed by atoms with Crippen molar-refractivity contribution in [3.8, 4) is 5.75 Å². The number of aryl methyl sites for hydroxylation is 1. The second-order valence-electron chi connectivity index (χ2n) is 9.71. The topological polar surface area (TPSA) is 46.6 Å². The van der Waals surface area contributed by atoms with E-state index in [0.717, 1.165) is 45.1 Å². The van der Waals surface area contributed by atoms with E-state index in [1.54, 1.807) is 0 Å². The largest absolute Gasteiger partial charge is 0.425 e. The van der Waals surface area contributed by atoms with Crippen LogP contribution in [0.4, 0.5) is 0 Å². The lowest BCUT2D eigenvalue weighted by molar-refractivity contribution is -0.130. The van der Waals surface area contributed by atoms with Crippen LogP contribution in [0.25, 0.3) is 0 Å². The normalized spacial score (nSPS) is 33.8. The Labute approximate surface area is 173 Å². The highest BCUT2D eigenvalue weighted by atomic mass is 16.5. The molecule has 1 aliphatic heterocycles. The van der Waals surface area contributed by atoms with Crippen molar-refractivity contribution in [2.24, 2.45) is 17.3 Å². The lowest BCUT2D eigenvalue weighted by atomic mass is 9.55. The van der Waals surface area contributed by atoms with Gasteiger partial charge >= 0.3 is 5.97 Å². The monoisotopic (exact) mass is 392 g/mol. The van der Waals surface area contributed by atoms with Gasteiger partial charge in [-0.25, -0.2) is 4.79 Å². The van der Waals surface area contributed by atoms with Crippen molar-refractivity contribution < 1.29 is 14.3 Å². The summed E-state index contributed by atoms with van der Waals surface area (Å²) in [6.45, 7) is 3.71. The molecule has 0 radical (unpaired) electrons. The predicted octanol–water partition coefficient (Wildman–Crippen LogP) is 4.09. The van der Waals surface area contributed by atoms with Gasteiger partial charge in [0.05, 0.1) is 13.0 Å². The van der Waals surface area contributed by atoms with Crippen molar-refractivity contribution in [3.63, 3.8) is 0 Å². The van der Waals surface area contributed by atoms with E-state index in [1.165, 1.54) is 11.1 Å². The molecule has 0 aromatic heterocycles. The fourth-order valence-electron chi connectivity index (χ4n) is 6.48. The molecule has 152 valence electrons. The maximum absolute atomic E-state index is 12.5. The Morgan fingerprint density at radius 3 is 2.93 bits per heavy atom. The van der Waals surface area contributed by atoms with Gasteiger partial charge in [-0.1, -0.05) is 13.0 Å². The minimum Gasteiger partial charge on any atom is -0.408 e. The zero-order valence-corrected chi connectivity index (χ0v) is 17.4. The summed E-state index contributed by atoms with van der Waals surface area (Å²) in [6.07, 6.45) is 10.0. The fourth-order valence-corrected chi connectivity index (χ4v) is 6.48. The molecule has 0 spiro atoms. The smallest absolute Gasteiger partial charge is 0.408 e. The molecule has 4 nitrogen and oxygen atoms in total. The maximum Gasteiger partial charge on any atom is 0.425 e. The van der Waals surface area contributed by atoms with Crippen LogP contribution < -0.4 is 4.74 Å². The fraction of sp³-hybridized carbons (Fsp3) is 0.560. The maximum atomic E-state index is 12.5. The van der Waals surface area contributed by atoms with Crippen molar-refractivity contribution in [1.29, 1.82) is 0 Å². The highest BCUT2D eigenvalue weighted by Gasteiger charge is 2.54. The van der Waals surface area contributed by atoms with E-state index in [9.17, 15) is 9.59 Å². The molecule has 2 fully saturated rings. The molecule has 3 aliphatic carbocycles. The summed E-state index contributed by atoms with van der Waals surface area (Å²) in [5.74, 6) is 2.62. The van der Waals surface area contributed by atoms with Gasteiger partial charge in [0.15, 0.2) is 5.57 Å². The Balaban J connectivity index is 1.34. The lowest BCUT2D eigenvalue weighted by Crippen LogP contribution is -2.42. The van der Waals surface area contributed by atoms with Crippen LogP contribution in [0.3, 0.4) is 0 Å². The Hall–Kier alpha value is -2.07. The summed E-state index contributed by atoms with van der Waals surface area (Å²) < 4.78 is 5.71. The van der Waals surface area contributed by atoms with Gasteiger partial charge < -0.3 is 4.74 Å². The summed E-state index contributed by atoms with van der Waals surface area (Å²) in [7, 11) is 2.00. The number of esters is 1. The van der Waals surface area contributed by atoms with Crippen molar-refractivity contribution in [2.45, 2.75) is 51.4 Å². The first-order valence-electron chi connectivity index (χ1n) is 11.0. The van der Waals surface area contributed by atoms with Crippen LogP contribution in [0.15, 0.2) is 29.8 Å². The van der Waals surface area contributed by atoms with E-state index in [1.807, 2.05) is 25.6 Å². The van der Waals surface area contributed by atoms with E-state index < -0.39 is 0 Å². The quantitative estimate of drug-likeness (QED) is 0.432. The second kappa shape index (κ2) is 7.02. The van der Waals surface area contributed by atoms with Crippen LogP contribution in [0.5, 0.6) is 5.75 Å². The molecule has 4 aliphatic rings. The van der Waals surface area contributed by atoms with Crippen molar-refractivity contribution >= 4 is 11.8 Å². The van der Waals surface area contributed by atoms with E-state index >= 15 is 0 Å². The van der Waals surface area contributed by atoms with Gasteiger partial charge in [-0.3, -0.25) is 9.69 Å². The number of ketones is 1. The van der Waals surface area contributed by atoms with Gasteiger partial charge in [0.25, 0.3) is 0 Å². The molecule has 4 atom stereocenters. The van der Waals surface area contributed by atoms with Gasteiger partial charge in [0.1, 0.15) is 24.2 Å². The number of Topliss-reactive ketones (excluding diaryl/α,β-unsaturated/α-hetero) is 1. The van der Waals surface area contributed by atoms with Crippen molar-refractivity contribution in [3.05, 3.63) is 47.4 Å². The summed E-state index contributed by atoms with van der Waals surface area (Å²) in [5.41, 5.74) is 3.37. The third-order valence-electron chi connectivity index (χ3n) is 8.06. The zero-order valence-electron chi connectivity index (χ0n) is 17.4. The SMILES string of the molecule is CN1C[CH+]C=C(C(=O)Oc2ccc3c(c2)CC[C@@H]2[C@@H]3CC[C@]3(C)C(=O)CC[C@@H]23)C1. The highest BCUT2D eigenvalue weighted by molar-refractivity contribution is 5.91. The number of hydrogen-bond acceptors (Lipinski definition) is 4. The van der Waals surface area contributed by atoms with Gasteiger partial charge in [0, 0.05) is 11.8 Å². The van der Waals surface area contributed by atoms with E-state index in [2.05, 4.69) is 24.0 Å². The molecule has 0 amide bonds. The molecule has 0 N–H and O–H groups in total. The Morgan fingerprint density at radius 2 is 2.10 bits per heavy atom. The van der Waals surface area contributed by atoms with E-state index in [4.69, 9.17) is 4.74 Å². The molecular formula is C25H30NO3+. The van der Waals surface area contributed by atoms with Gasteiger partial charge in [-0.05, 0) is 80.2 Å². The first-order valence-corrected chi connectivity index (χ1v) is 11.0. The molecule has 0 unspecified atom stereocenters. The summed E-state index contributed by atoms with van der Waals surface area (Å²) in [6, 6.07) is 6.22. The van der Waals surface area contributed by atoms with Crippen LogP contribution >= 0.6 is 0 Å². The summed E-state index contributed by atoms with van der Waals surface area (Å²) in [4.78, 5) is 27.1. The third-order valence-corrected chi connectivity index (χ3v) is 8.06. The van der Waals surface area contributed by atoms with Crippen LogP contribution in [-0.2, 0) is 16.0 Å². The van der Waals surface area contributed by atoms with Gasteiger partial charge in [-0.15, -0.1) is 0 Å². The molecule has 1 heterocycles. The number of carbonyl (C=O) groups excluding carboxylic acids is 2. The van der Waals surface area contributed by atoms with Crippen molar-refractivity contribution in [1.82, 2.24) is 4.90 Å².